The molecule has 12 heteroatoms. The number of hydrogen-bond donors (Lipinski definition) is 3. The number of carbonyl (C=O) groups excluding carboxylic acids is 4. The van der Waals surface area contributed by atoms with E-state index in [1.807, 2.05) is 83.8 Å². The summed E-state index contributed by atoms with van der Waals surface area (Å²) in [5, 5.41) is 8.06. The van der Waals surface area contributed by atoms with E-state index in [0.29, 0.717) is 13.1 Å². The summed E-state index contributed by atoms with van der Waals surface area (Å²) in [5.74, 6) is -1.14. The van der Waals surface area contributed by atoms with Gasteiger partial charge in [0.1, 0.15) is 23.2 Å². The molecule has 5 rings (SSSR count). The summed E-state index contributed by atoms with van der Waals surface area (Å²) < 4.78 is 12.9. The maximum Gasteiger partial charge on any atom is 0.408 e. The van der Waals surface area contributed by atoms with Crippen LogP contribution in [0.2, 0.25) is 0 Å². The van der Waals surface area contributed by atoms with E-state index < -0.39 is 41.1 Å². The standard InChI is InChI=1S/C41H48N6O6/c1-40(2,3)53-39(51)45-41(4,5)38(50)43-33(27-52-26-29-15-9-6-10-16-29)36(48)44-34-25-47(28-42-34)35(32-19-13-8-14-20-32)37(49)46-23-21-31(22-24-46)30-17-11-7-12-18-30/h6-21,25,28,33,35H,22-24,26-27H2,1-5H3,(H,43,50)(H,44,48)(H,45,51)/t33-,35?/m1/s1. The molecule has 0 bridgehead atoms. The first-order valence-corrected chi connectivity index (χ1v) is 17.7. The van der Waals surface area contributed by atoms with E-state index in [1.54, 1.807) is 31.5 Å². The zero-order valence-corrected chi connectivity index (χ0v) is 30.9. The number of alkyl carbamates (subject to hydrolysis) is 1. The van der Waals surface area contributed by atoms with Crippen LogP contribution in [-0.4, -0.2) is 75.1 Å². The number of nitrogens with one attached hydrogen (secondary N) is 3. The third-order valence-corrected chi connectivity index (χ3v) is 8.56. The normalized spacial score (nSPS) is 14.4. The molecular weight excluding hydrogens is 672 g/mol. The van der Waals surface area contributed by atoms with Gasteiger partial charge in [0.25, 0.3) is 11.8 Å². The molecule has 3 aromatic carbocycles. The summed E-state index contributed by atoms with van der Waals surface area (Å²) in [7, 11) is 0. The first-order valence-electron chi connectivity index (χ1n) is 17.7. The van der Waals surface area contributed by atoms with Crippen LogP contribution in [0.5, 0.6) is 0 Å². The quantitative estimate of drug-likeness (QED) is 0.160. The minimum atomic E-state index is -1.43. The molecule has 2 atom stereocenters. The molecule has 1 unspecified atom stereocenters. The van der Waals surface area contributed by atoms with Crippen molar-refractivity contribution in [3.05, 3.63) is 126 Å². The largest absolute Gasteiger partial charge is 0.444 e. The van der Waals surface area contributed by atoms with Gasteiger partial charge in [-0.05, 0) is 63.3 Å². The molecular formula is C41H48N6O6. The van der Waals surface area contributed by atoms with Crippen LogP contribution in [0.1, 0.15) is 63.8 Å². The number of ether oxygens (including phenoxy) is 2. The number of nitrogens with zero attached hydrogens (tertiary/aromatic N) is 3. The Hall–Kier alpha value is -5.75. The average molecular weight is 721 g/mol. The molecule has 1 aliphatic rings. The van der Waals surface area contributed by atoms with Crippen LogP contribution in [0.25, 0.3) is 5.57 Å². The van der Waals surface area contributed by atoms with Gasteiger partial charge in [-0.15, -0.1) is 0 Å². The zero-order valence-electron chi connectivity index (χ0n) is 30.9. The van der Waals surface area contributed by atoms with Crippen LogP contribution in [0, 0.1) is 0 Å². The minimum Gasteiger partial charge on any atom is -0.444 e. The number of carbonyl (C=O) groups is 4. The Morgan fingerprint density at radius 3 is 2.13 bits per heavy atom. The van der Waals surface area contributed by atoms with E-state index in [9.17, 15) is 19.2 Å². The third-order valence-electron chi connectivity index (χ3n) is 8.56. The number of aromatic nitrogens is 2. The first kappa shape index (κ1) is 38.5. The third kappa shape index (κ3) is 10.9. The van der Waals surface area contributed by atoms with Crippen molar-refractivity contribution in [2.45, 2.75) is 70.9 Å². The molecule has 0 saturated carbocycles. The van der Waals surface area contributed by atoms with E-state index in [-0.39, 0.29) is 24.9 Å². The van der Waals surface area contributed by atoms with Crippen LogP contribution >= 0.6 is 0 Å². The molecule has 1 aromatic heterocycles. The molecule has 2 heterocycles. The van der Waals surface area contributed by atoms with Crippen molar-refractivity contribution in [3.63, 3.8) is 0 Å². The molecule has 0 spiro atoms. The molecule has 1 aliphatic heterocycles. The Labute approximate surface area is 310 Å². The molecule has 4 amide bonds. The Kier molecular flexibility index (Phi) is 12.5. The van der Waals surface area contributed by atoms with Crippen molar-refractivity contribution in [2.24, 2.45) is 0 Å². The fraction of sp³-hybridized carbons (Fsp3) is 0.341. The topological polar surface area (TPSA) is 144 Å². The van der Waals surface area contributed by atoms with Crippen molar-refractivity contribution in [1.82, 2.24) is 25.1 Å². The Morgan fingerprint density at radius 1 is 0.868 bits per heavy atom. The molecule has 0 fully saturated rings. The lowest BCUT2D eigenvalue weighted by Gasteiger charge is -2.31. The van der Waals surface area contributed by atoms with E-state index in [4.69, 9.17) is 9.47 Å². The molecule has 0 saturated heterocycles. The minimum absolute atomic E-state index is 0.103. The summed E-state index contributed by atoms with van der Waals surface area (Å²) in [6.07, 6.45) is 5.15. The molecule has 4 aromatic rings. The molecule has 0 aliphatic carbocycles. The average Bonchev–Trinajstić information content (AvgIpc) is 3.59. The van der Waals surface area contributed by atoms with E-state index >= 15 is 0 Å². The van der Waals surface area contributed by atoms with Crippen molar-refractivity contribution in [3.8, 4) is 0 Å². The Balaban J connectivity index is 1.31. The lowest BCUT2D eigenvalue weighted by atomic mass is 9.98. The summed E-state index contributed by atoms with van der Waals surface area (Å²) in [5.41, 5.74) is 1.81. The van der Waals surface area contributed by atoms with Crippen molar-refractivity contribution in [1.29, 1.82) is 0 Å². The van der Waals surface area contributed by atoms with Crippen LogP contribution in [-0.2, 0) is 30.5 Å². The highest BCUT2D eigenvalue weighted by atomic mass is 16.6. The first-order chi connectivity index (χ1) is 25.3. The lowest BCUT2D eigenvalue weighted by Crippen LogP contribution is -2.59. The van der Waals surface area contributed by atoms with Crippen LogP contribution in [0.3, 0.4) is 0 Å². The number of imidazole rings is 1. The van der Waals surface area contributed by atoms with Gasteiger partial charge in [-0.25, -0.2) is 9.78 Å². The monoisotopic (exact) mass is 720 g/mol. The summed E-state index contributed by atoms with van der Waals surface area (Å²) in [6.45, 7) is 9.23. The van der Waals surface area contributed by atoms with Crippen LogP contribution in [0.15, 0.2) is 110 Å². The second kappa shape index (κ2) is 17.2. The van der Waals surface area contributed by atoms with Gasteiger partial charge in [0.15, 0.2) is 5.82 Å². The van der Waals surface area contributed by atoms with Gasteiger partial charge in [0, 0.05) is 19.3 Å². The second-order valence-electron chi connectivity index (χ2n) is 14.4. The highest BCUT2D eigenvalue weighted by Gasteiger charge is 2.35. The molecule has 3 N–H and O–H groups in total. The fourth-order valence-corrected chi connectivity index (χ4v) is 5.80. The summed E-state index contributed by atoms with van der Waals surface area (Å²) in [4.78, 5) is 60.1. The predicted octanol–water partition coefficient (Wildman–Crippen LogP) is 5.73. The zero-order chi connectivity index (χ0) is 38.0. The van der Waals surface area contributed by atoms with E-state index in [0.717, 1.165) is 23.1 Å². The van der Waals surface area contributed by atoms with Gasteiger partial charge in [-0.2, -0.15) is 0 Å². The summed E-state index contributed by atoms with van der Waals surface area (Å²) >= 11 is 0. The molecule has 0 radical (unpaired) electrons. The molecule has 12 nitrogen and oxygen atoms in total. The van der Waals surface area contributed by atoms with Crippen LogP contribution in [0.4, 0.5) is 10.6 Å². The maximum absolute atomic E-state index is 14.1. The SMILES string of the molecule is CC(C)(C)OC(=O)NC(C)(C)C(=O)N[C@H](COCc1ccccc1)C(=O)Nc1cn(C(C(=O)N2CC=C(c3ccccc3)CC2)c2ccccc2)cn1. The fourth-order valence-electron chi connectivity index (χ4n) is 5.80. The Morgan fingerprint density at radius 2 is 1.51 bits per heavy atom. The van der Waals surface area contributed by atoms with E-state index in [1.165, 1.54) is 25.7 Å². The number of anilines is 1. The number of amides is 4. The van der Waals surface area contributed by atoms with Crippen molar-refractivity contribution < 1.29 is 28.7 Å². The van der Waals surface area contributed by atoms with Gasteiger partial charge >= 0.3 is 6.09 Å². The van der Waals surface area contributed by atoms with Gasteiger partial charge in [-0.3, -0.25) is 14.4 Å². The molecule has 278 valence electrons. The van der Waals surface area contributed by atoms with Crippen molar-refractivity contribution in [2.75, 3.05) is 25.0 Å². The highest BCUT2D eigenvalue weighted by molar-refractivity contribution is 5.98. The van der Waals surface area contributed by atoms with Gasteiger partial charge < -0.3 is 34.9 Å². The highest BCUT2D eigenvalue weighted by Crippen LogP contribution is 2.27. The molecule has 53 heavy (non-hydrogen) atoms. The number of hydrogen-bond acceptors (Lipinski definition) is 7. The Bertz CT molecular complexity index is 1890. The second-order valence-corrected chi connectivity index (χ2v) is 14.4. The van der Waals surface area contributed by atoms with Crippen LogP contribution < -0.4 is 16.0 Å². The predicted molar refractivity (Wildman–Crippen MR) is 203 cm³/mol. The lowest BCUT2D eigenvalue weighted by molar-refractivity contribution is -0.133. The van der Waals surface area contributed by atoms with Gasteiger partial charge in [0.2, 0.25) is 5.91 Å². The summed E-state index contributed by atoms with van der Waals surface area (Å²) in [6, 6.07) is 27.1. The smallest absolute Gasteiger partial charge is 0.408 e. The van der Waals surface area contributed by atoms with Crippen molar-refractivity contribution >= 4 is 35.2 Å². The van der Waals surface area contributed by atoms with E-state index in [2.05, 4.69) is 39.1 Å². The van der Waals surface area contributed by atoms with Gasteiger partial charge in [0.05, 0.1) is 19.5 Å². The number of rotatable bonds is 13. The number of benzene rings is 3. The van der Waals surface area contributed by atoms with Gasteiger partial charge in [-0.1, -0.05) is 97.1 Å². The maximum atomic E-state index is 14.1.